The Morgan fingerprint density at radius 1 is 0.958 bits per heavy atom. The molecule has 0 atom stereocenters. The number of carbonyl (C=O) groups is 3. The Kier molecular flexibility index (Phi) is 11.4. The number of ketones is 2. The molecular weight excluding hydrogens is 696 g/mol. The van der Waals surface area contributed by atoms with Gasteiger partial charge in [-0.25, -0.2) is 4.98 Å². The van der Waals surface area contributed by atoms with Crippen LogP contribution in [-0.4, -0.2) is 71.1 Å². The summed E-state index contributed by atoms with van der Waals surface area (Å²) in [5.41, 5.74) is -0.718. The molecule has 1 amide bonds. The van der Waals surface area contributed by atoms with Crippen molar-refractivity contribution in [2.45, 2.75) is 31.4 Å². The number of hydrogen-bond donors (Lipinski definition) is 2. The van der Waals surface area contributed by atoms with E-state index in [1.807, 2.05) is 0 Å². The van der Waals surface area contributed by atoms with Crippen molar-refractivity contribution in [3.63, 3.8) is 0 Å². The van der Waals surface area contributed by atoms with Crippen LogP contribution in [0.5, 0.6) is 0 Å². The van der Waals surface area contributed by atoms with Gasteiger partial charge in [-0.05, 0) is 28.6 Å². The minimum Gasteiger partial charge on any atom is -0.618 e. The van der Waals surface area contributed by atoms with E-state index in [4.69, 9.17) is 11.6 Å². The predicted molar refractivity (Wildman–Crippen MR) is 142 cm³/mol. The van der Waals surface area contributed by atoms with Gasteiger partial charge in [0.05, 0.1) is 30.7 Å². The van der Waals surface area contributed by atoms with Gasteiger partial charge >= 0.3 is 29.8 Å². The maximum absolute atomic E-state index is 14.5. The van der Waals surface area contributed by atoms with Crippen molar-refractivity contribution in [3.05, 3.63) is 87.4 Å². The molecule has 4 aromatic heterocycles. The molecule has 4 heterocycles. The first-order chi connectivity index (χ1) is 22.3. The van der Waals surface area contributed by atoms with Crippen LogP contribution in [0, 0.1) is 5.21 Å². The van der Waals surface area contributed by atoms with Crippen molar-refractivity contribution < 1.29 is 54.2 Å². The second-order valence-corrected chi connectivity index (χ2v) is 9.33. The first kappa shape index (κ1) is 36.9. The second-order valence-electron chi connectivity index (χ2n) is 8.94. The maximum atomic E-state index is 14.5. The van der Waals surface area contributed by atoms with Crippen molar-refractivity contribution in [1.82, 2.24) is 40.1 Å². The van der Waals surface area contributed by atoms with Gasteiger partial charge < -0.3 is 15.8 Å². The average molecular weight is 713 g/mol. The topological polar surface area (TPSA) is 194 Å². The first-order valence-electron chi connectivity index (χ1n) is 12.5. The molecular formula is C24H17ClF8N10O5. The summed E-state index contributed by atoms with van der Waals surface area (Å²) in [5.74, 6) is -11.5. The highest BCUT2D eigenvalue weighted by molar-refractivity contribution is 6.41. The van der Waals surface area contributed by atoms with E-state index in [0.717, 1.165) is 23.0 Å². The largest absolute Gasteiger partial charge is 0.618 e. The molecule has 0 saturated heterocycles. The summed E-state index contributed by atoms with van der Waals surface area (Å²) in [5, 5.41) is 27.2. The van der Waals surface area contributed by atoms with Gasteiger partial charge in [-0.3, -0.25) is 28.7 Å². The number of hydrogen-bond acceptors (Lipinski definition) is 11. The molecule has 0 aliphatic rings. The highest BCUT2D eigenvalue weighted by Crippen LogP contribution is 2.25. The minimum absolute atomic E-state index is 0.0179. The summed E-state index contributed by atoms with van der Waals surface area (Å²) in [4.78, 5) is 52.5. The molecule has 0 aliphatic heterocycles. The maximum Gasteiger partial charge on any atom is 0.458 e. The van der Waals surface area contributed by atoms with Crippen LogP contribution in [0.15, 0.2) is 60.0 Å². The molecule has 0 spiro atoms. The molecule has 15 nitrogen and oxygen atoms in total. The van der Waals surface area contributed by atoms with Crippen molar-refractivity contribution in [2.24, 2.45) is 0 Å². The van der Waals surface area contributed by atoms with Gasteiger partial charge in [0.15, 0.2) is 12.0 Å². The number of nitrogens with zero attached hydrogens (tertiary/aromatic N) is 8. The smallest absolute Gasteiger partial charge is 0.458 e. The number of halogens is 9. The first-order valence-corrected chi connectivity index (χ1v) is 12.9. The number of nitrogens with one attached hydrogen (secondary N) is 2. The van der Waals surface area contributed by atoms with Crippen LogP contribution in [0.1, 0.15) is 11.4 Å². The molecule has 0 fully saturated rings. The summed E-state index contributed by atoms with van der Waals surface area (Å²) >= 11 is 6.02. The number of carbonyl (C=O) groups excluding carboxylic acids is 3. The van der Waals surface area contributed by atoms with Crippen LogP contribution in [0.4, 0.5) is 40.9 Å². The zero-order chi connectivity index (χ0) is 35.9. The summed E-state index contributed by atoms with van der Waals surface area (Å²) in [6.45, 7) is -1.62. The quantitative estimate of drug-likeness (QED) is 0.105. The van der Waals surface area contributed by atoms with E-state index in [1.165, 1.54) is 29.3 Å². The molecule has 256 valence electrons. The number of anilines is 1. The summed E-state index contributed by atoms with van der Waals surface area (Å²) in [6.07, 6.45) is -6.67. The average Bonchev–Trinajstić information content (AvgIpc) is 3.56. The van der Waals surface area contributed by atoms with Crippen molar-refractivity contribution in [3.8, 4) is 5.69 Å². The van der Waals surface area contributed by atoms with E-state index >= 15 is 0 Å². The third-order valence-electron chi connectivity index (χ3n) is 5.62. The SMILES string of the molecule is O=C(C(=O)C(F)(F)F)C(F)(F)F.O=C(Cn1c(Cl)cnc(NCC(F)(F)c2cccc[n+]2[O-])c1=O)NCc1ncccc1-n1cnnn1. The number of alkyl halides is 8. The summed E-state index contributed by atoms with van der Waals surface area (Å²) < 4.78 is 98.2. The third-order valence-corrected chi connectivity index (χ3v) is 5.92. The normalized spacial score (nSPS) is 11.7. The summed E-state index contributed by atoms with van der Waals surface area (Å²) in [6, 6.07) is 6.95. The fraction of sp³-hybridized carbons (Fsp3) is 0.250. The molecule has 0 radical (unpaired) electrons. The second kappa shape index (κ2) is 14.9. The van der Waals surface area contributed by atoms with Crippen LogP contribution >= 0.6 is 11.6 Å². The Morgan fingerprint density at radius 2 is 1.62 bits per heavy atom. The van der Waals surface area contributed by atoms with Gasteiger partial charge in [0.25, 0.3) is 11.3 Å². The molecule has 0 unspecified atom stereocenters. The molecule has 24 heteroatoms. The molecule has 2 N–H and O–H groups in total. The van der Waals surface area contributed by atoms with Crippen molar-refractivity contribution >= 4 is 34.9 Å². The van der Waals surface area contributed by atoms with Crippen LogP contribution < -0.4 is 20.9 Å². The number of Topliss-reactive ketones (excluding diaryl/α,β-unsaturated/α-hetero) is 2. The van der Waals surface area contributed by atoms with Crippen molar-refractivity contribution in [2.75, 3.05) is 11.9 Å². The lowest BCUT2D eigenvalue weighted by molar-refractivity contribution is -0.624. The Bertz CT molecular complexity index is 1810. The Morgan fingerprint density at radius 3 is 2.21 bits per heavy atom. The minimum atomic E-state index is -5.77. The molecule has 48 heavy (non-hydrogen) atoms. The van der Waals surface area contributed by atoms with E-state index in [-0.39, 0.29) is 16.4 Å². The fourth-order valence-corrected chi connectivity index (χ4v) is 3.60. The number of rotatable bonds is 10. The predicted octanol–water partition coefficient (Wildman–Crippen LogP) is 1.67. The van der Waals surface area contributed by atoms with E-state index in [2.05, 4.69) is 36.1 Å². The Balaban J connectivity index is 0.000000444. The van der Waals surface area contributed by atoms with Crippen molar-refractivity contribution in [1.29, 1.82) is 0 Å². The van der Waals surface area contributed by atoms with E-state index in [9.17, 15) is 59.5 Å². The third kappa shape index (κ3) is 9.46. The zero-order valence-electron chi connectivity index (χ0n) is 23.3. The highest BCUT2D eigenvalue weighted by Gasteiger charge is 2.54. The van der Waals surface area contributed by atoms with Gasteiger partial charge in [0, 0.05) is 18.3 Å². The van der Waals surface area contributed by atoms with Crippen LogP contribution in [0.25, 0.3) is 5.69 Å². The highest BCUT2D eigenvalue weighted by atomic mass is 35.5. The van der Waals surface area contributed by atoms with Crippen LogP contribution in [0.2, 0.25) is 5.15 Å². The van der Waals surface area contributed by atoms with Gasteiger partial charge in [-0.1, -0.05) is 11.6 Å². The lowest BCUT2D eigenvalue weighted by Crippen LogP contribution is -2.41. The molecule has 0 saturated carbocycles. The molecule has 0 bridgehead atoms. The summed E-state index contributed by atoms with van der Waals surface area (Å²) in [7, 11) is 0. The lowest BCUT2D eigenvalue weighted by atomic mass is 10.2. The Labute approximate surface area is 265 Å². The molecule has 4 rings (SSSR count). The van der Waals surface area contributed by atoms with E-state index in [1.54, 1.807) is 12.1 Å². The van der Waals surface area contributed by atoms with Gasteiger partial charge in [0.2, 0.25) is 5.91 Å². The number of tetrazole rings is 1. The molecule has 0 aliphatic carbocycles. The number of pyridine rings is 2. The zero-order valence-corrected chi connectivity index (χ0v) is 24.1. The van der Waals surface area contributed by atoms with Gasteiger partial charge in [0.1, 0.15) is 18.0 Å². The molecule has 4 aromatic rings. The fourth-order valence-electron chi connectivity index (χ4n) is 3.42. The Hall–Kier alpha value is -5.61. The lowest BCUT2D eigenvalue weighted by Gasteiger charge is -2.17. The number of aromatic nitrogens is 8. The van der Waals surface area contributed by atoms with Gasteiger partial charge in [-0.15, -0.1) is 5.10 Å². The monoisotopic (exact) mass is 712 g/mol. The standard InChI is InChI=1S/C20H17ClF2N10O3.C4F6O2/c21-16-9-26-18(27-11-20(22,23)15-5-1-2-7-33(15)36)19(35)31(16)10-17(34)25-8-13-14(4-3-6-24-13)32-12-28-29-30-32;5-3(6,7)1(11)2(12)4(8,9)10/h1-7,9,12H,8,10-11H2,(H,25,34)(H,26,27);. The molecule has 0 aromatic carbocycles. The number of amides is 1. The van der Waals surface area contributed by atoms with E-state index < -0.39 is 65.9 Å². The van der Waals surface area contributed by atoms with Gasteiger partial charge in [-0.2, -0.15) is 44.5 Å². The van der Waals surface area contributed by atoms with E-state index in [0.29, 0.717) is 11.4 Å². The van der Waals surface area contributed by atoms with Crippen LogP contribution in [-0.2, 0) is 33.4 Å². The van der Waals surface area contributed by atoms with Crippen LogP contribution in [0.3, 0.4) is 0 Å².